The minimum Gasteiger partial charge on any atom is -0.497 e. The van der Waals surface area contributed by atoms with Crippen molar-refractivity contribution in [1.82, 2.24) is 0 Å². The molecule has 0 saturated carbocycles. The van der Waals surface area contributed by atoms with Gasteiger partial charge in [0, 0.05) is 0 Å². The van der Waals surface area contributed by atoms with Crippen LogP contribution in [0.25, 0.3) is 43.4 Å². The van der Waals surface area contributed by atoms with Crippen molar-refractivity contribution in [2.75, 3.05) is 7.11 Å². The monoisotopic (exact) mass is 334 g/mol. The first-order chi connectivity index (χ1) is 12.8. The molecule has 0 aliphatic carbocycles. The molecule has 0 N–H and O–H groups in total. The number of ether oxygens (including phenoxy) is 1. The Morgan fingerprint density at radius 2 is 1.23 bits per heavy atom. The van der Waals surface area contributed by atoms with E-state index in [1.165, 1.54) is 43.4 Å². The van der Waals surface area contributed by atoms with E-state index in [4.69, 9.17) is 4.74 Å². The molecule has 124 valence electrons. The number of benzene rings is 5. The SMILES string of the molecule is COc1ccc2cc(-c3cc4ccccc4c4ccccc34)ccc2c1. The van der Waals surface area contributed by atoms with Crippen molar-refractivity contribution < 1.29 is 4.74 Å². The van der Waals surface area contributed by atoms with Crippen LogP contribution in [0.4, 0.5) is 0 Å². The molecule has 0 spiro atoms. The van der Waals surface area contributed by atoms with Crippen LogP contribution >= 0.6 is 0 Å². The molecule has 0 atom stereocenters. The highest BCUT2D eigenvalue weighted by Gasteiger charge is 2.09. The van der Waals surface area contributed by atoms with Crippen molar-refractivity contribution >= 4 is 32.3 Å². The fourth-order valence-corrected chi connectivity index (χ4v) is 3.81. The molecule has 0 unspecified atom stereocenters. The largest absolute Gasteiger partial charge is 0.497 e. The lowest BCUT2D eigenvalue weighted by Crippen LogP contribution is -1.86. The normalized spacial score (nSPS) is 11.3. The lowest BCUT2D eigenvalue weighted by Gasteiger charge is -2.12. The van der Waals surface area contributed by atoms with Crippen LogP contribution < -0.4 is 4.74 Å². The average Bonchev–Trinajstić information content (AvgIpc) is 2.72. The van der Waals surface area contributed by atoms with E-state index >= 15 is 0 Å². The molecule has 0 aliphatic heterocycles. The molecule has 0 amide bonds. The lowest BCUT2D eigenvalue weighted by molar-refractivity contribution is 0.415. The van der Waals surface area contributed by atoms with Gasteiger partial charge in [-0.2, -0.15) is 0 Å². The van der Waals surface area contributed by atoms with E-state index in [0.29, 0.717) is 0 Å². The minimum atomic E-state index is 0.890. The van der Waals surface area contributed by atoms with Gasteiger partial charge in [0.15, 0.2) is 0 Å². The molecule has 1 nitrogen and oxygen atoms in total. The van der Waals surface area contributed by atoms with Crippen LogP contribution in [0.15, 0.2) is 91.0 Å². The molecular weight excluding hydrogens is 316 g/mol. The van der Waals surface area contributed by atoms with Crippen molar-refractivity contribution in [2.24, 2.45) is 0 Å². The molecular formula is C25H18O. The summed E-state index contributed by atoms with van der Waals surface area (Å²) < 4.78 is 5.34. The Balaban J connectivity index is 1.81. The first-order valence-corrected chi connectivity index (χ1v) is 8.82. The first-order valence-electron chi connectivity index (χ1n) is 8.82. The molecule has 5 rings (SSSR count). The predicted octanol–water partition coefficient (Wildman–Crippen LogP) is 6.82. The van der Waals surface area contributed by atoms with E-state index in [1.807, 2.05) is 6.07 Å². The standard InChI is InChI=1S/C25H18O/c1-26-21-13-12-17-14-20(11-10-18(17)15-21)25-16-19-6-2-3-7-22(19)23-8-4-5-9-24(23)25/h2-16H,1H3. The number of hydrogen-bond donors (Lipinski definition) is 0. The third-order valence-electron chi connectivity index (χ3n) is 5.13. The number of fused-ring (bicyclic) bond motifs is 4. The van der Waals surface area contributed by atoms with Crippen LogP contribution in [-0.4, -0.2) is 7.11 Å². The van der Waals surface area contributed by atoms with Gasteiger partial charge in [-0.05, 0) is 67.7 Å². The van der Waals surface area contributed by atoms with Gasteiger partial charge in [0.1, 0.15) is 5.75 Å². The summed E-state index contributed by atoms with van der Waals surface area (Å²) in [7, 11) is 1.71. The molecule has 0 heterocycles. The van der Waals surface area contributed by atoms with E-state index in [2.05, 4.69) is 84.9 Å². The maximum atomic E-state index is 5.34. The Morgan fingerprint density at radius 1 is 0.538 bits per heavy atom. The average molecular weight is 334 g/mol. The van der Waals surface area contributed by atoms with Crippen LogP contribution in [0.5, 0.6) is 5.75 Å². The van der Waals surface area contributed by atoms with Crippen molar-refractivity contribution in [3.8, 4) is 16.9 Å². The zero-order valence-corrected chi connectivity index (χ0v) is 14.6. The molecule has 5 aromatic carbocycles. The summed E-state index contributed by atoms with van der Waals surface area (Å²) in [5.74, 6) is 0.890. The van der Waals surface area contributed by atoms with Crippen molar-refractivity contribution in [3.05, 3.63) is 91.0 Å². The Kier molecular flexibility index (Phi) is 3.39. The quantitative estimate of drug-likeness (QED) is 0.322. The van der Waals surface area contributed by atoms with Crippen molar-refractivity contribution in [1.29, 1.82) is 0 Å². The molecule has 0 bridgehead atoms. The van der Waals surface area contributed by atoms with E-state index in [0.717, 1.165) is 5.75 Å². The van der Waals surface area contributed by atoms with Crippen LogP contribution in [0, 0.1) is 0 Å². The summed E-state index contributed by atoms with van der Waals surface area (Å²) in [6.45, 7) is 0. The summed E-state index contributed by atoms with van der Waals surface area (Å²) in [5, 5.41) is 7.58. The van der Waals surface area contributed by atoms with Gasteiger partial charge < -0.3 is 4.74 Å². The molecule has 1 heteroatoms. The van der Waals surface area contributed by atoms with Gasteiger partial charge in [-0.25, -0.2) is 0 Å². The second-order valence-electron chi connectivity index (χ2n) is 6.62. The predicted molar refractivity (Wildman–Crippen MR) is 111 cm³/mol. The van der Waals surface area contributed by atoms with Gasteiger partial charge in [-0.3, -0.25) is 0 Å². The second kappa shape index (κ2) is 5.89. The van der Waals surface area contributed by atoms with Crippen molar-refractivity contribution in [3.63, 3.8) is 0 Å². The maximum absolute atomic E-state index is 5.34. The summed E-state index contributed by atoms with van der Waals surface area (Å²) >= 11 is 0. The zero-order valence-electron chi connectivity index (χ0n) is 14.6. The van der Waals surface area contributed by atoms with Gasteiger partial charge in [0.25, 0.3) is 0 Å². The Morgan fingerprint density at radius 3 is 2.08 bits per heavy atom. The third kappa shape index (κ3) is 2.33. The van der Waals surface area contributed by atoms with E-state index in [-0.39, 0.29) is 0 Å². The second-order valence-corrected chi connectivity index (χ2v) is 6.62. The Labute approximate surface area is 152 Å². The van der Waals surface area contributed by atoms with Crippen LogP contribution in [0.2, 0.25) is 0 Å². The Bertz CT molecular complexity index is 1270. The van der Waals surface area contributed by atoms with E-state index in [9.17, 15) is 0 Å². The van der Waals surface area contributed by atoms with Gasteiger partial charge in [0.05, 0.1) is 7.11 Å². The number of methoxy groups -OCH3 is 1. The van der Waals surface area contributed by atoms with Gasteiger partial charge >= 0.3 is 0 Å². The summed E-state index contributed by atoms with van der Waals surface area (Å²) in [5.41, 5.74) is 2.52. The van der Waals surface area contributed by atoms with Crippen LogP contribution in [0.3, 0.4) is 0 Å². The smallest absolute Gasteiger partial charge is 0.119 e. The van der Waals surface area contributed by atoms with Gasteiger partial charge in [-0.15, -0.1) is 0 Å². The summed E-state index contributed by atoms with van der Waals surface area (Å²) in [6, 6.07) is 32.5. The van der Waals surface area contributed by atoms with Crippen LogP contribution in [0.1, 0.15) is 0 Å². The topological polar surface area (TPSA) is 9.23 Å². The highest BCUT2D eigenvalue weighted by molar-refractivity contribution is 6.14. The fourth-order valence-electron chi connectivity index (χ4n) is 3.81. The fraction of sp³-hybridized carbons (Fsp3) is 0.0400. The number of hydrogen-bond acceptors (Lipinski definition) is 1. The highest BCUT2D eigenvalue weighted by atomic mass is 16.5. The molecule has 0 radical (unpaired) electrons. The molecule has 26 heavy (non-hydrogen) atoms. The summed E-state index contributed by atoms with van der Waals surface area (Å²) in [4.78, 5) is 0. The number of rotatable bonds is 2. The molecule has 0 aromatic heterocycles. The maximum Gasteiger partial charge on any atom is 0.119 e. The van der Waals surface area contributed by atoms with Gasteiger partial charge in [-0.1, -0.05) is 66.7 Å². The highest BCUT2D eigenvalue weighted by Crippen LogP contribution is 2.36. The first kappa shape index (κ1) is 15.0. The van der Waals surface area contributed by atoms with Crippen molar-refractivity contribution in [2.45, 2.75) is 0 Å². The lowest BCUT2D eigenvalue weighted by atomic mass is 9.92. The Hall–Kier alpha value is -3.32. The van der Waals surface area contributed by atoms with Crippen LogP contribution in [-0.2, 0) is 0 Å². The molecule has 0 fully saturated rings. The molecule has 0 aliphatic rings. The molecule has 0 saturated heterocycles. The molecule has 5 aromatic rings. The van der Waals surface area contributed by atoms with Gasteiger partial charge in [0.2, 0.25) is 0 Å². The van der Waals surface area contributed by atoms with E-state index in [1.54, 1.807) is 7.11 Å². The summed E-state index contributed by atoms with van der Waals surface area (Å²) in [6.07, 6.45) is 0. The third-order valence-corrected chi connectivity index (χ3v) is 5.13. The van der Waals surface area contributed by atoms with E-state index < -0.39 is 0 Å². The zero-order chi connectivity index (χ0) is 17.5. The minimum absolute atomic E-state index is 0.890.